The molecular formula is C20H16BrN3O3S2. The summed E-state index contributed by atoms with van der Waals surface area (Å²) in [6, 6.07) is 15.5. The molecule has 0 aliphatic heterocycles. The van der Waals surface area contributed by atoms with Crippen LogP contribution in [-0.4, -0.2) is 22.8 Å². The molecule has 0 saturated heterocycles. The van der Waals surface area contributed by atoms with Gasteiger partial charge in [-0.05, 0) is 37.3 Å². The van der Waals surface area contributed by atoms with E-state index in [2.05, 4.69) is 31.4 Å². The first-order valence-corrected chi connectivity index (χ1v) is 11.4. The number of ether oxygens (including phenoxy) is 1. The largest absolute Gasteiger partial charge is 0.460 e. The number of anilines is 2. The lowest BCUT2D eigenvalue weighted by molar-refractivity contribution is 0.0491. The first-order chi connectivity index (χ1) is 14.1. The molecule has 0 radical (unpaired) electrons. The topological polar surface area (TPSA) is 77.2 Å². The van der Waals surface area contributed by atoms with Crippen LogP contribution in [0.15, 0.2) is 61.8 Å². The number of aromatic nitrogens is 2. The number of esters is 1. The summed E-state index contributed by atoms with van der Waals surface area (Å²) in [6.07, 6.45) is 0. The molecule has 148 valence electrons. The molecule has 0 atom stereocenters. The minimum Gasteiger partial charge on any atom is -0.460 e. The van der Waals surface area contributed by atoms with Gasteiger partial charge in [0.25, 0.3) is 0 Å². The number of halogens is 1. The van der Waals surface area contributed by atoms with Crippen LogP contribution in [0.1, 0.15) is 23.0 Å². The number of thioether (sulfide) groups is 1. The molecule has 0 aliphatic carbocycles. The van der Waals surface area contributed by atoms with Crippen LogP contribution in [-0.2, 0) is 10.5 Å². The molecule has 9 heteroatoms. The highest BCUT2D eigenvalue weighted by atomic mass is 79.9. The first kappa shape index (κ1) is 19.9. The molecule has 29 heavy (non-hydrogen) atoms. The van der Waals surface area contributed by atoms with Crippen molar-refractivity contribution in [3.63, 3.8) is 0 Å². The molecule has 0 spiro atoms. The summed E-state index contributed by atoms with van der Waals surface area (Å²) in [6.45, 7) is 2.06. The highest BCUT2D eigenvalue weighted by Crippen LogP contribution is 2.36. The Kier molecular flexibility index (Phi) is 6.17. The van der Waals surface area contributed by atoms with Gasteiger partial charge >= 0.3 is 5.97 Å². The number of para-hydroxylation sites is 1. The fourth-order valence-electron chi connectivity index (χ4n) is 2.72. The molecule has 2 aromatic carbocycles. The molecular weight excluding hydrogens is 474 g/mol. The number of hydrogen-bond acceptors (Lipinski definition) is 8. The summed E-state index contributed by atoms with van der Waals surface area (Å²) in [5.41, 5.74) is 2.39. The molecule has 0 bridgehead atoms. The van der Waals surface area contributed by atoms with Crippen LogP contribution in [0.25, 0.3) is 11.0 Å². The van der Waals surface area contributed by atoms with Crippen molar-refractivity contribution in [3.8, 4) is 0 Å². The van der Waals surface area contributed by atoms with Crippen molar-refractivity contribution in [1.82, 2.24) is 10.2 Å². The first-order valence-electron chi connectivity index (χ1n) is 8.80. The number of benzene rings is 2. The number of carbonyl (C=O) groups excluding carboxylic acids is 1. The van der Waals surface area contributed by atoms with Gasteiger partial charge in [0, 0.05) is 26.9 Å². The second-order valence-corrected chi connectivity index (χ2v) is 9.04. The highest BCUT2D eigenvalue weighted by Gasteiger charge is 2.22. The average Bonchev–Trinajstić information content (AvgIpc) is 3.31. The lowest BCUT2D eigenvalue weighted by Crippen LogP contribution is -2.05. The van der Waals surface area contributed by atoms with Crippen LogP contribution in [0, 0.1) is 0 Å². The molecule has 2 aromatic heterocycles. The van der Waals surface area contributed by atoms with E-state index in [0.29, 0.717) is 16.5 Å². The lowest BCUT2D eigenvalue weighted by atomic mass is 10.1. The number of nitrogens with one attached hydrogen (secondary N) is 1. The number of hydrogen-bond donors (Lipinski definition) is 1. The molecule has 0 amide bonds. The molecule has 6 nitrogen and oxygen atoms in total. The normalized spacial score (nSPS) is 11.0. The van der Waals surface area contributed by atoms with Crippen LogP contribution in [0.4, 0.5) is 10.8 Å². The van der Waals surface area contributed by atoms with Gasteiger partial charge in [0.2, 0.25) is 10.9 Å². The van der Waals surface area contributed by atoms with Crippen molar-refractivity contribution < 1.29 is 13.9 Å². The summed E-state index contributed by atoms with van der Waals surface area (Å²) in [4.78, 5) is 12.4. The minimum absolute atomic E-state index is 0.236. The third kappa shape index (κ3) is 4.63. The molecule has 4 aromatic rings. The zero-order valence-electron chi connectivity index (χ0n) is 15.3. The molecule has 1 N–H and O–H groups in total. The Labute approximate surface area is 183 Å². The predicted octanol–water partition coefficient (Wildman–Crippen LogP) is 6.26. The maximum atomic E-state index is 12.4. The van der Waals surface area contributed by atoms with Gasteiger partial charge in [0.15, 0.2) is 4.34 Å². The number of fused-ring (bicyclic) bond motifs is 1. The van der Waals surface area contributed by atoms with Crippen LogP contribution in [0.3, 0.4) is 0 Å². The Morgan fingerprint density at radius 1 is 1.24 bits per heavy atom. The van der Waals surface area contributed by atoms with Gasteiger partial charge in [-0.2, -0.15) is 0 Å². The molecule has 0 aliphatic rings. The van der Waals surface area contributed by atoms with Crippen molar-refractivity contribution in [3.05, 3.63) is 64.3 Å². The predicted molar refractivity (Wildman–Crippen MR) is 119 cm³/mol. The fraction of sp³-hybridized carbons (Fsp3) is 0.150. The highest BCUT2D eigenvalue weighted by molar-refractivity contribution is 9.10. The van der Waals surface area contributed by atoms with E-state index >= 15 is 0 Å². The summed E-state index contributed by atoms with van der Waals surface area (Å²) in [5, 5.41) is 13.2. The maximum absolute atomic E-state index is 12.4. The Hall–Kier alpha value is -2.36. The van der Waals surface area contributed by atoms with Crippen LogP contribution >= 0.6 is 39.0 Å². The molecule has 2 heterocycles. The van der Waals surface area contributed by atoms with Crippen LogP contribution in [0.2, 0.25) is 0 Å². The van der Waals surface area contributed by atoms with Gasteiger partial charge in [0.05, 0.1) is 6.61 Å². The van der Waals surface area contributed by atoms with Crippen molar-refractivity contribution in [1.29, 1.82) is 0 Å². The fourth-order valence-corrected chi connectivity index (χ4v) is 4.88. The Morgan fingerprint density at radius 3 is 2.86 bits per heavy atom. The van der Waals surface area contributed by atoms with E-state index in [1.165, 1.54) is 23.1 Å². The quantitative estimate of drug-likeness (QED) is 0.242. The average molecular weight is 490 g/mol. The summed E-state index contributed by atoms with van der Waals surface area (Å²) in [5.74, 6) is 0.288. The van der Waals surface area contributed by atoms with Gasteiger partial charge in [-0.15, -0.1) is 10.2 Å². The van der Waals surface area contributed by atoms with Gasteiger partial charge in [-0.25, -0.2) is 4.79 Å². The van der Waals surface area contributed by atoms with E-state index in [1.54, 1.807) is 6.92 Å². The van der Waals surface area contributed by atoms with Crippen LogP contribution in [0.5, 0.6) is 0 Å². The number of rotatable bonds is 7. The lowest BCUT2D eigenvalue weighted by Gasteiger charge is -2.02. The Balaban J connectivity index is 1.55. The van der Waals surface area contributed by atoms with E-state index in [4.69, 9.17) is 9.15 Å². The number of nitrogens with zero attached hydrogens (tertiary/aromatic N) is 2. The van der Waals surface area contributed by atoms with Crippen LogP contribution < -0.4 is 5.32 Å². The SMILES string of the molecule is CCOC(=O)c1oc2ccc(Br)cc2c1CSc1nnc(Nc2ccccc2)s1. The second-order valence-electron chi connectivity index (χ2n) is 5.92. The molecule has 0 unspecified atom stereocenters. The van der Waals surface area contributed by atoms with Crippen molar-refractivity contribution in [2.75, 3.05) is 11.9 Å². The van der Waals surface area contributed by atoms with E-state index in [1.807, 2.05) is 48.5 Å². The van der Waals surface area contributed by atoms with Crippen molar-refractivity contribution in [2.45, 2.75) is 17.0 Å². The monoisotopic (exact) mass is 489 g/mol. The van der Waals surface area contributed by atoms with Crippen molar-refractivity contribution in [2.24, 2.45) is 0 Å². The third-order valence-electron chi connectivity index (χ3n) is 3.99. The third-order valence-corrected chi connectivity index (χ3v) is 6.48. The van der Waals surface area contributed by atoms with E-state index < -0.39 is 5.97 Å². The van der Waals surface area contributed by atoms with Gasteiger partial charge in [-0.3, -0.25) is 0 Å². The molecule has 4 rings (SSSR count). The minimum atomic E-state index is -0.459. The zero-order chi connectivity index (χ0) is 20.2. The van der Waals surface area contributed by atoms with E-state index in [9.17, 15) is 4.79 Å². The Morgan fingerprint density at radius 2 is 2.07 bits per heavy atom. The van der Waals surface area contributed by atoms with Gasteiger partial charge < -0.3 is 14.5 Å². The zero-order valence-corrected chi connectivity index (χ0v) is 18.6. The smallest absolute Gasteiger partial charge is 0.374 e. The number of furan rings is 1. The molecule has 0 fully saturated rings. The van der Waals surface area contributed by atoms with Gasteiger partial charge in [0.1, 0.15) is 5.58 Å². The van der Waals surface area contributed by atoms with Crippen molar-refractivity contribution >= 4 is 66.8 Å². The summed E-state index contributed by atoms with van der Waals surface area (Å²) < 4.78 is 12.7. The molecule has 0 saturated carbocycles. The summed E-state index contributed by atoms with van der Waals surface area (Å²) >= 11 is 6.44. The second kappa shape index (κ2) is 8.98. The summed E-state index contributed by atoms with van der Waals surface area (Å²) in [7, 11) is 0. The maximum Gasteiger partial charge on any atom is 0.374 e. The van der Waals surface area contributed by atoms with E-state index in [-0.39, 0.29) is 12.4 Å². The van der Waals surface area contributed by atoms with Gasteiger partial charge in [-0.1, -0.05) is 57.2 Å². The Bertz CT molecular complexity index is 1140. The standard InChI is InChI=1S/C20H16BrN3O3S2/c1-2-26-18(25)17-15(14-10-12(21)8-9-16(14)27-17)11-28-20-24-23-19(29-20)22-13-6-4-3-5-7-13/h3-10H,2,11H2,1H3,(H,22,23). The van der Waals surface area contributed by atoms with E-state index in [0.717, 1.165) is 25.4 Å². The number of carbonyl (C=O) groups is 1.